The van der Waals surface area contributed by atoms with Crippen molar-refractivity contribution in [2.24, 2.45) is 0 Å². The van der Waals surface area contributed by atoms with Gasteiger partial charge in [-0.15, -0.1) is 0 Å². The van der Waals surface area contributed by atoms with E-state index >= 15 is 0 Å². The van der Waals surface area contributed by atoms with Crippen molar-refractivity contribution in [1.82, 2.24) is 9.55 Å². The molecule has 0 atom stereocenters. The molecule has 5 aromatic carbocycles. The Morgan fingerprint density at radius 1 is 0.553 bits per heavy atom. The van der Waals surface area contributed by atoms with Crippen molar-refractivity contribution in [3.63, 3.8) is 0 Å². The van der Waals surface area contributed by atoms with Crippen molar-refractivity contribution in [3.8, 4) is 27.9 Å². The molecule has 0 amide bonds. The highest BCUT2D eigenvalue weighted by Crippen LogP contribution is 2.38. The summed E-state index contributed by atoms with van der Waals surface area (Å²) in [7, 11) is 0. The van der Waals surface area contributed by atoms with Gasteiger partial charge in [-0.05, 0) is 77.6 Å². The lowest BCUT2D eigenvalue weighted by molar-refractivity contribution is 0.889. The molecule has 0 saturated carbocycles. The van der Waals surface area contributed by atoms with E-state index in [4.69, 9.17) is 0 Å². The molecule has 0 unspecified atom stereocenters. The summed E-state index contributed by atoms with van der Waals surface area (Å²) in [6.07, 6.45) is 6.76. The van der Waals surface area contributed by atoms with Gasteiger partial charge < -0.3 is 9.55 Å². The average Bonchev–Trinajstić information content (AvgIpc) is 3.53. The van der Waals surface area contributed by atoms with E-state index in [0.717, 1.165) is 12.8 Å². The van der Waals surface area contributed by atoms with Crippen LogP contribution in [0.5, 0.6) is 0 Å². The lowest BCUT2D eigenvalue weighted by Crippen LogP contribution is -2.03. The Kier molecular flexibility index (Phi) is 4.68. The van der Waals surface area contributed by atoms with E-state index in [2.05, 4.69) is 137 Å². The molecule has 180 valence electrons. The number of nitrogens with one attached hydrogen (secondary N) is 1. The first-order chi connectivity index (χ1) is 18.8. The summed E-state index contributed by atoms with van der Waals surface area (Å²) in [5.74, 6) is 0. The van der Waals surface area contributed by atoms with Gasteiger partial charge in [-0.2, -0.15) is 0 Å². The minimum atomic E-state index is 1.05. The number of hydrogen-bond donors (Lipinski definition) is 1. The van der Waals surface area contributed by atoms with Gasteiger partial charge >= 0.3 is 0 Å². The standard InChI is InChI=1S/C36H26N2/c1-2-9-24(10-3-1)25-11-8-12-28(21-25)38-35-16-7-5-14-30(35)32-23-27(18-20-36(32)38)26-17-19-34-31(22-26)29-13-4-6-15-33(29)37-34/h1-6,8-15,17-23,37H,7,16H2. The third-order valence-corrected chi connectivity index (χ3v) is 7.99. The van der Waals surface area contributed by atoms with E-state index in [1.54, 1.807) is 0 Å². The average molecular weight is 487 g/mol. The molecule has 2 aromatic heterocycles. The topological polar surface area (TPSA) is 20.7 Å². The molecule has 0 saturated heterocycles. The first kappa shape index (κ1) is 21.3. The number of aromatic nitrogens is 2. The Morgan fingerprint density at radius 2 is 1.29 bits per heavy atom. The zero-order chi connectivity index (χ0) is 25.1. The zero-order valence-electron chi connectivity index (χ0n) is 21.0. The van der Waals surface area contributed by atoms with Crippen LogP contribution in [0.15, 0.2) is 121 Å². The van der Waals surface area contributed by atoms with Crippen molar-refractivity contribution in [1.29, 1.82) is 0 Å². The molecule has 2 heteroatoms. The number of nitrogens with zero attached hydrogens (tertiary/aromatic N) is 1. The molecule has 38 heavy (non-hydrogen) atoms. The predicted octanol–water partition coefficient (Wildman–Crippen LogP) is 9.56. The maximum atomic E-state index is 3.55. The number of benzene rings is 5. The second-order valence-corrected chi connectivity index (χ2v) is 10.2. The van der Waals surface area contributed by atoms with Crippen LogP contribution in [0, 0.1) is 0 Å². The summed E-state index contributed by atoms with van der Waals surface area (Å²) in [6.45, 7) is 0. The van der Waals surface area contributed by atoms with Crippen LogP contribution in [0.4, 0.5) is 0 Å². The molecule has 1 aliphatic rings. The second kappa shape index (κ2) is 8.36. The quantitative estimate of drug-likeness (QED) is 0.257. The molecule has 0 bridgehead atoms. The Balaban J connectivity index is 1.31. The smallest absolute Gasteiger partial charge is 0.0538 e. The maximum absolute atomic E-state index is 3.55. The molecule has 0 aliphatic heterocycles. The normalized spacial score (nSPS) is 12.9. The van der Waals surface area contributed by atoms with Gasteiger partial charge in [-0.25, -0.2) is 0 Å². The van der Waals surface area contributed by atoms with Crippen LogP contribution >= 0.6 is 0 Å². The van der Waals surface area contributed by atoms with Gasteiger partial charge in [0.1, 0.15) is 0 Å². The molecule has 8 rings (SSSR count). The third kappa shape index (κ3) is 3.27. The van der Waals surface area contributed by atoms with Gasteiger partial charge in [0.05, 0.1) is 5.52 Å². The number of aromatic amines is 1. The van der Waals surface area contributed by atoms with E-state index in [1.165, 1.54) is 71.9 Å². The van der Waals surface area contributed by atoms with Crippen LogP contribution < -0.4 is 0 Å². The highest BCUT2D eigenvalue weighted by Gasteiger charge is 2.19. The summed E-state index contributed by atoms with van der Waals surface area (Å²) >= 11 is 0. The number of hydrogen-bond acceptors (Lipinski definition) is 0. The minimum absolute atomic E-state index is 1.05. The summed E-state index contributed by atoms with van der Waals surface area (Å²) in [5, 5.41) is 3.86. The predicted molar refractivity (Wildman–Crippen MR) is 161 cm³/mol. The molecule has 1 aliphatic carbocycles. The van der Waals surface area contributed by atoms with Crippen LogP contribution in [0.2, 0.25) is 0 Å². The van der Waals surface area contributed by atoms with Gasteiger partial charge in [0.25, 0.3) is 0 Å². The monoisotopic (exact) mass is 486 g/mol. The Hall–Kier alpha value is -4.82. The van der Waals surface area contributed by atoms with Gasteiger partial charge in [0, 0.05) is 44.1 Å². The van der Waals surface area contributed by atoms with Crippen molar-refractivity contribution in [2.75, 3.05) is 0 Å². The number of allylic oxidation sites excluding steroid dienone is 1. The molecule has 0 fully saturated rings. The van der Waals surface area contributed by atoms with Crippen molar-refractivity contribution >= 4 is 38.8 Å². The minimum Gasteiger partial charge on any atom is -0.355 e. The SMILES string of the molecule is C1=Cc2c(n(-c3cccc(-c4ccccc4)c3)c3ccc(-c4ccc5[nH]c6ccccc6c5c4)cc23)CC1. The Labute approximate surface area is 221 Å². The third-order valence-electron chi connectivity index (χ3n) is 7.99. The number of rotatable bonds is 3. The van der Waals surface area contributed by atoms with Crippen LogP contribution in [0.3, 0.4) is 0 Å². The zero-order valence-corrected chi connectivity index (χ0v) is 21.0. The molecule has 7 aromatic rings. The highest BCUT2D eigenvalue weighted by atomic mass is 15.0. The fraction of sp³-hybridized carbons (Fsp3) is 0.0556. The Morgan fingerprint density at radius 3 is 2.21 bits per heavy atom. The van der Waals surface area contributed by atoms with Crippen molar-refractivity contribution in [3.05, 3.63) is 133 Å². The van der Waals surface area contributed by atoms with E-state index in [0.29, 0.717) is 0 Å². The van der Waals surface area contributed by atoms with Gasteiger partial charge in [-0.3, -0.25) is 0 Å². The largest absolute Gasteiger partial charge is 0.355 e. The second-order valence-electron chi connectivity index (χ2n) is 10.2. The van der Waals surface area contributed by atoms with Crippen LogP contribution in [0.1, 0.15) is 17.7 Å². The molecule has 1 N–H and O–H groups in total. The fourth-order valence-electron chi connectivity index (χ4n) is 6.18. The highest BCUT2D eigenvalue weighted by molar-refractivity contribution is 6.08. The lowest BCUT2D eigenvalue weighted by Gasteiger charge is -2.14. The molecular weight excluding hydrogens is 460 g/mol. The number of fused-ring (bicyclic) bond motifs is 6. The molecule has 0 radical (unpaired) electrons. The van der Waals surface area contributed by atoms with Crippen molar-refractivity contribution in [2.45, 2.75) is 12.8 Å². The van der Waals surface area contributed by atoms with E-state index in [-0.39, 0.29) is 0 Å². The van der Waals surface area contributed by atoms with Crippen molar-refractivity contribution < 1.29 is 0 Å². The van der Waals surface area contributed by atoms with Crippen LogP contribution in [-0.2, 0) is 6.42 Å². The van der Waals surface area contributed by atoms with E-state index < -0.39 is 0 Å². The van der Waals surface area contributed by atoms with E-state index in [9.17, 15) is 0 Å². The van der Waals surface area contributed by atoms with Gasteiger partial charge in [-0.1, -0.05) is 84.9 Å². The number of H-pyrrole nitrogens is 1. The maximum Gasteiger partial charge on any atom is 0.0538 e. The van der Waals surface area contributed by atoms with Crippen LogP contribution in [-0.4, -0.2) is 9.55 Å². The van der Waals surface area contributed by atoms with E-state index in [1.807, 2.05) is 0 Å². The number of para-hydroxylation sites is 1. The Bertz CT molecular complexity index is 2020. The molecular formula is C36H26N2. The van der Waals surface area contributed by atoms with Gasteiger partial charge in [0.2, 0.25) is 0 Å². The molecule has 2 nitrogen and oxygen atoms in total. The molecule has 2 heterocycles. The first-order valence-electron chi connectivity index (χ1n) is 13.3. The molecule has 0 spiro atoms. The summed E-state index contributed by atoms with van der Waals surface area (Å²) < 4.78 is 2.48. The summed E-state index contributed by atoms with van der Waals surface area (Å²) in [5.41, 5.74) is 12.6. The fourth-order valence-corrected chi connectivity index (χ4v) is 6.18. The summed E-state index contributed by atoms with van der Waals surface area (Å²) in [6, 6.07) is 41.9. The van der Waals surface area contributed by atoms with Gasteiger partial charge in [0.15, 0.2) is 0 Å². The van der Waals surface area contributed by atoms with Crippen LogP contribution in [0.25, 0.3) is 66.7 Å². The lowest BCUT2D eigenvalue weighted by atomic mass is 9.98. The summed E-state index contributed by atoms with van der Waals surface area (Å²) in [4.78, 5) is 3.55. The first-order valence-corrected chi connectivity index (χ1v) is 13.3.